The molecule has 158 valence electrons. The highest BCUT2D eigenvalue weighted by molar-refractivity contribution is 6.04. The van der Waals surface area contributed by atoms with E-state index in [1.165, 1.54) is 18.5 Å². The number of carbonyl (C=O) groups excluding carboxylic acids is 2. The largest absolute Gasteiger partial charge is 0.419 e. The van der Waals surface area contributed by atoms with Crippen molar-refractivity contribution in [3.05, 3.63) is 66.0 Å². The first-order valence-electron chi connectivity index (χ1n) is 8.75. The zero-order chi connectivity index (χ0) is 22.0. The average Bonchev–Trinajstić information content (AvgIpc) is 3.37. The van der Waals surface area contributed by atoms with Crippen molar-refractivity contribution in [3.63, 3.8) is 0 Å². The third kappa shape index (κ3) is 4.47. The molecule has 0 unspecified atom stereocenters. The maximum absolute atomic E-state index is 12.7. The molecule has 0 radical (unpaired) electrons. The number of fused-ring (bicyclic) bond motifs is 1. The molecule has 0 bridgehead atoms. The molecule has 4 rings (SSSR count). The van der Waals surface area contributed by atoms with Gasteiger partial charge in [-0.1, -0.05) is 6.07 Å². The lowest BCUT2D eigenvalue weighted by atomic mass is 10.1. The zero-order valence-corrected chi connectivity index (χ0v) is 15.4. The normalized spacial score (nSPS) is 11.3. The van der Waals surface area contributed by atoms with E-state index in [0.29, 0.717) is 5.52 Å². The summed E-state index contributed by atoms with van der Waals surface area (Å²) < 4.78 is 43.2. The number of nitrogens with zero attached hydrogens (tertiary/aromatic N) is 2. The number of ether oxygens (including phenoxy) is 1. The standard InChI is InChI=1S/C19H13F3N6O3/c20-19(21,22)11-6-4-10(5-7-11)15(29)27-17-25-12-2-1-3-13(14(12)26-17)31-18(30)28-16-23-8-9-24-16/h1-9H,(H2,23,24,28,30)(H2,25,26,27,29). The first-order chi connectivity index (χ1) is 14.8. The molecular weight excluding hydrogens is 417 g/mol. The summed E-state index contributed by atoms with van der Waals surface area (Å²) in [6.45, 7) is 0. The molecule has 0 aliphatic rings. The fourth-order valence-corrected chi connectivity index (χ4v) is 2.69. The predicted octanol–water partition coefficient (Wildman–Crippen LogP) is 4.17. The number of carbonyl (C=O) groups is 2. The van der Waals surface area contributed by atoms with Gasteiger partial charge in [0, 0.05) is 18.0 Å². The number of halogens is 3. The van der Waals surface area contributed by atoms with Gasteiger partial charge in [0.1, 0.15) is 5.52 Å². The summed E-state index contributed by atoms with van der Waals surface area (Å²) in [5.41, 5.74) is -0.115. The number of hydrogen-bond acceptors (Lipinski definition) is 5. The Morgan fingerprint density at radius 1 is 1.00 bits per heavy atom. The van der Waals surface area contributed by atoms with Gasteiger partial charge in [0.15, 0.2) is 5.75 Å². The Balaban J connectivity index is 1.49. The first kappa shape index (κ1) is 19.9. The maximum Gasteiger partial charge on any atom is 0.419 e. The van der Waals surface area contributed by atoms with Crippen LogP contribution in [-0.2, 0) is 6.18 Å². The fraction of sp³-hybridized carbons (Fsp3) is 0.0526. The van der Waals surface area contributed by atoms with Crippen molar-refractivity contribution >= 4 is 34.9 Å². The summed E-state index contributed by atoms with van der Waals surface area (Å²) in [5.74, 6) is -0.315. The van der Waals surface area contributed by atoms with Crippen LogP contribution in [0.4, 0.5) is 29.9 Å². The van der Waals surface area contributed by atoms with Crippen molar-refractivity contribution in [2.75, 3.05) is 10.6 Å². The molecular formula is C19H13F3N6O3. The SMILES string of the molecule is O=C(Nc1ncc[nH]1)Oc1cccc2[nH]c(NC(=O)c3ccc(C(F)(F)F)cc3)nc12. The van der Waals surface area contributed by atoms with E-state index in [1.54, 1.807) is 12.1 Å². The van der Waals surface area contributed by atoms with Gasteiger partial charge < -0.3 is 14.7 Å². The third-order valence-corrected chi connectivity index (χ3v) is 4.10. The van der Waals surface area contributed by atoms with E-state index in [4.69, 9.17) is 4.74 Å². The topological polar surface area (TPSA) is 125 Å². The van der Waals surface area contributed by atoms with Crippen molar-refractivity contribution < 1.29 is 27.5 Å². The van der Waals surface area contributed by atoms with Crippen LogP contribution in [0.1, 0.15) is 15.9 Å². The van der Waals surface area contributed by atoms with Gasteiger partial charge in [-0.25, -0.2) is 14.8 Å². The highest BCUT2D eigenvalue weighted by Gasteiger charge is 2.30. The van der Waals surface area contributed by atoms with Gasteiger partial charge in [0.05, 0.1) is 11.1 Å². The lowest BCUT2D eigenvalue weighted by Crippen LogP contribution is -2.17. The number of rotatable bonds is 4. The molecule has 12 heteroatoms. The molecule has 2 aromatic carbocycles. The van der Waals surface area contributed by atoms with Crippen LogP contribution in [0.25, 0.3) is 11.0 Å². The van der Waals surface area contributed by atoms with Crippen molar-refractivity contribution in [1.29, 1.82) is 0 Å². The molecule has 4 N–H and O–H groups in total. The fourth-order valence-electron chi connectivity index (χ4n) is 2.69. The lowest BCUT2D eigenvalue weighted by Gasteiger charge is -2.07. The minimum atomic E-state index is -4.49. The van der Waals surface area contributed by atoms with Gasteiger partial charge in [-0.05, 0) is 36.4 Å². The Bertz CT molecular complexity index is 1230. The van der Waals surface area contributed by atoms with Gasteiger partial charge in [0.2, 0.25) is 11.9 Å². The minimum Gasteiger partial charge on any atom is -0.408 e. The predicted molar refractivity (Wildman–Crippen MR) is 104 cm³/mol. The maximum atomic E-state index is 12.7. The van der Waals surface area contributed by atoms with Crippen LogP contribution < -0.4 is 15.4 Å². The summed E-state index contributed by atoms with van der Waals surface area (Å²) in [7, 11) is 0. The van der Waals surface area contributed by atoms with E-state index in [-0.39, 0.29) is 28.7 Å². The van der Waals surface area contributed by atoms with E-state index in [2.05, 4.69) is 30.6 Å². The van der Waals surface area contributed by atoms with Gasteiger partial charge >= 0.3 is 12.3 Å². The quantitative estimate of drug-likeness (QED) is 0.387. The van der Waals surface area contributed by atoms with E-state index >= 15 is 0 Å². The number of hydrogen-bond donors (Lipinski definition) is 4. The molecule has 2 heterocycles. The van der Waals surface area contributed by atoms with Gasteiger partial charge in [0.25, 0.3) is 5.91 Å². The number of alkyl halides is 3. The summed E-state index contributed by atoms with van der Waals surface area (Å²) in [6.07, 6.45) is -2.32. The Morgan fingerprint density at radius 3 is 2.45 bits per heavy atom. The lowest BCUT2D eigenvalue weighted by molar-refractivity contribution is -0.137. The molecule has 31 heavy (non-hydrogen) atoms. The Labute approximate surface area is 171 Å². The summed E-state index contributed by atoms with van der Waals surface area (Å²) >= 11 is 0. The molecule has 0 aliphatic carbocycles. The monoisotopic (exact) mass is 430 g/mol. The van der Waals surface area contributed by atoms with Gasteiger partial charge in [-0.3, -0.25) is 15.4 Å². The van der Waals surface area contributed by atoms with Crippen LogP contribution >= 0.6 is 0 Å². The van der Waals surface area contributed by atoms with Crippen molar-refractivity contribution in [1.82, 2.24) is 19.9 Å². The molecule has 4 aromatic rings. The molecule has 9 nitrogen and oxygen atoms in total. The third-order valence-electron chi connectivity index (χ3n) is 4.10. The molecule has 2 amide bonds. The Hall–Kier alpha value is -4.35. The minimum absolute atomic E-state index is 0.0164. The number of para-hydroxylation sites is 1. The molecule has 0 saturated carbocycles. The highest BCUT2D eigenvalue weighted by atomic mass is 19.4. The van der Waals surface area contributed by atoms with Crippen LogP contribution in [-0.4, -0.2) is 31.9 Å². The molecule has 0 aliphatic heterocycles. The van der Waals surface area contributed by atoms with Crippen LogP contribution in [0.2, 0.25) is 0 Å². The summed E-state index contributed by atoms with van der Waals surface area (Å²) in [4.78, 5) is 37.9. The van der Waals surface area contributed by atoms with Crippen molar-refractivity contribution in [2.45, 2.75) is 6.18 Å². The summed E-state index contributed by atoms with van der Waals surface area (Å²) in [6, 6.07) is 8.52. The van der Waals surface area contributed by atoms with Crippen molar-refractivity contribution in [3.8, 4) is 5.75 Å². The Morgan fingerprint density at radius 2 is 1.77 bits per heavy atom. The summed E-state index contributed by atoms with van der Waals surface area (Å²) in [5, 5.41) is 4.86. The second-order valence-corrected chi connectivity index (χ2v) is 6.22. The van der Waals surface area contributed by atoms with Gasteiger partial charge in [-0.15, -0.1) is 0 Å². The number of benzene rings is 2. The smallest absolute Gasteiger partial charge is 0.408 e. The van der Waals surface area contributed by atoms with E-state index in [1.807, 2.05) is 0 Å². The second-order valence-electron chi connectivity index (χ2n) is 6.22. The van der Waals surface area contributed by atoms with Crippen molar-refractivity contribution in [2.24, 2.45) is 0 Å². The number of nitrogens with one attached hydrogen (secondary N) is 4. The molecule has 0 fully saturated rings. The number of amides is 2. The van der Waals surface area contributed by atoms with Crippen LogP contribution in [0.15, 0.2) is 54.9 Å². The average molecular weight is 430 g/mol. The van der Waals surface area contributed by atoms with E-state index in [9.17, 15) is 22.8 Å². The molecule has 0 atom stereocenters. The molecule has 0 saturated heterocycles. The van der Waals surface area contributed by atoms with E-state index < -0.39 is 23.7 Å². The number of H-pyrrole nitrogens is 2. The highest BCUT2D eigenvalue weighted by Crippen LogP contribution is 2.29. The van der Waals surface area contributed by atoms with Crippen LogP contribution in [0.5, 0.6) is 5.75 Å². The van der Waals surface area contributed by atoms with Crippen LogP contribution in [0.3, 0.4) is 0 Å². The van der Waals surface area contributed by atoms with E-state index in [0.717, 1.165) is 24.3 Å². The molecule has 2 aromatic heterocycles. The van der Waals surface area contributed by atoms with Gasteiger partial charge in [-0.2, -0.15) is 13.2 Å². The number of anilines is 2. The van der Waals surface area contributed by atoms with Crippen LogP contribution in [0, 0.1) is 0 Å². The second kappa shape index (κ2) is 7.82. The first-order valence-corrected chi connectivity index (χ1v) is 8.75. The number of aromatic nitrogens is 4. The Kier molecular flexibility index (Phi) is 5.03. The number of aromatic amines is 2. The molecule has 0 spiro atoms. The zero-order valence-electron chi connectivity index (χ0n) is 15.4. The number of imidazole rings is 2.